The number of rotatable bonds is 4. The molecule has 3 heterocycles. The number of anilines is 1. The van der Waals surface area contributed by atoms with Crippen LogP contribution in [-0.2, 0) is 10.0 Å². The van der Waals surface area contributed by atoms with Gasteiger partial charge in [-0.15, -0.1) is 0 Å². The monoisotopic (exact) mass is 526 g/mol. The largest absolute Gasteiger partial charge is 0.382 e. The summed E-state index contributed by atoms with van der Waals surface area (Å²) in [5.74, 6) is 0.514. The number of hydrogen-bond acceptors (Lipinski definition) is 7. The lowest BCUT2D eigenvalue weighted by Crippen LogP contribution is -2.18. The Labute approximate surface area is 216 Å². The number of carbonyl (C=O) groups is 1. The van der Waals surface area contributed by atoms with Gasteiger partial charge in [-0.25, -0.2) is 23.2 Å². The van der Waals surface area contributed by atoms with Crippen molar-refractivity contribution < 1.29 is 13.2 Å². The summed E-state index contributed by atoms with van der Waals surface area (Å²) >= 11 is 0. The summed E-state index contributed by atoms with van der Waals surface area (Å²) in [6, 6.07) is 18.9. The van der Waals surface area contributed by atoms with Crippen LogP contribution in [0, 0.1) is 13.8 Å². The van der Waals surface area contributed by atoms with Crippen molar-refractivity contribution in [3.05, 3.63) is 83.9 Å². The van der Waals surface area contributed by atoms with Crippen molar-refractivity contribution in [3.8, 4) is 16.8 Å². The highest BCUT2D eigenvalue weighted by Crippen LogP contribution is 2.30. The number of benzene rings is 3. The van der Waals surface area contributed by atoms with Crippen LogP contribution in [0.4, 0.5) is 5.82 Å². The number of H-pyrrole nitrogens is 1. The Morgan fingerprint density at radius 1 is 1.00 bits per heavy atom. The molecule has 3 aromatic carbocycles. The summed E-state index contributed by atoms with van der Waals surface area (Å²) in [5.41, 5.74) is 10.6. The first-order valence-electron chi connectivity index (χ1n) is 11.6. The molecule has 6 rings (SSSR count). The van der Waals surface area contributed by atoms with Crippen LogP contribution >= 0.6 is 0 Å². The number of nitrogens with two attached hydrogens (primary N) is 2. The predicted molar refractivity (Wildman–Crippen MR) is 143 cm³/mol. The fourth-order valence-corrected chi connectivity index (χ4v) is 5.46. The van der Waals surface area contributed by atoms with Gasteiger partial charge >= 0.3 is 0 Å². The van der Waals surface area contributed by atoms with Crippen LogP contribution < -0.4 is 10.9 Å². The van der Waals surface area contributed by atoms with E-state index in [0.29, 0.717) is 50.9 Å². The number of carbonyl (C=O) groups excluding carboxylic acids is 1. The van der Waals surface area contributed by atoms with Crippen LogP contribution in [0.1, 0.15) is 22.0 Å². The zero-order chi connectivity index (χ0) is 26.8. The van der Waals surface area contributed by atoms with Crippen molar-refractivity contribution in [2.24, 2.45) is 5.14 Å². The molecule has 0 atom stereocenters. The number of imidazole rings is 1. The van der Waals surface area contributed by atoms with E-state index in [1.54, 1.807) is 54.1 Å². The van der Waals surface area contributed by atoms with Gasteiger partial charge in [0.05, 0.1) is 32.8 Å². The lowest BCUT2D eigenvalue weighted by Gasteiger charge is -2.10. The molecule has 0 bridgehead atoms. The van der Waals surface area contributed by atoms with E-state index < -0.39 is 10.0 Å². The molecule has 0 aliphatic rings. The van der Waals surface area contributed by atoms with Crippen LogP contribution in [-0.4, -0.2) is 43.9 Å². The van der Waals surface area contributed by atoms with Crippen molar-refractivity contribution in [1.82, 2.24) is 29.5 Å². The van der Waals surface area contributed by atoms with E-state index in [1.165, 1.54) is 10.6 Å². The molecule has 38 heavy (non-hydrogen) atoms. The van der Waals surface area contributed by atoms with Gasteiger partial charge in [-0.3, -0.25) is 14.5 Å². The fourth-order valence-electron chi connectivity index (χ4n) is 4.70. The lowest BCUT2D eigenvalue weighted by molar-refractivity contribution is 0.0954. The molecule has 190 valence electrons. The number of hydrogen-bond donors (Lipinski definition) is 3. The van der Waals surface area contributed by atoms with E-state index in [2.05, 4.69) is 20.3 Å². The quantitative estimate of drug-likeness (QED) is 0.317. The van der Waals surface area contributed by atoms with Crippen molar-refractivity contribution >= 4 is 43.7 Å². The number of nitrogens with one attached hydrogen (secondary N) is 1. The summed E-state index contributed by atoms with van der Waals surface area (Å²) in [7, 11) is -3.93. The summed E-state index contributed by atoms with van der Waals surface area (Å²) in [6.45, 7) is 3.55. The summed E-state index contributed by atoms with van der Waals surface area (Å²) < 4.78 is 27.3. The molecular weight excluding hydrogens is 504 g/mol. The number of primary sulfonamides is 1. The summed E-state index contributed by atoms with van der Waals surface area (Å²) in [6.07, 6.45) is 0. The second kappa shape index (κ2) is 8.36. The maximum Gasteiger partial charge on any atom is 0.282 e. The number of fused-ring (bicyclic) bond motifs is 2. The van der Waals surface area contributed by atoms with Gasteiger partial charge in [0.2, 0.25) is 10.0 Å². The smallest absolute Gasteiger partial charge is 0.282 e. The number of aromatic amines is 1. The van der Waals surface area contributed by atoms with Gasteiger partial charge in [0.15, 0.2) is 5.82 Å². The molecule has 0 fully saturated rings. The molecule has 0 spiro atoms. The zero-order valence-corrected chi connectivity index (χ0v) is 21.2. The van der Waals surface area contributed by atoms with Crippen LogP contribution in [0.3, 0.4) is 0 Å². The van der Waals surface area contributed by atoms with E-state index in [9.17, 15) is 13.2 Å². The van der Waals surface area contributed by atoms with Crippen molar-refractivity contribution in [2.75, 3.05) is 5.73 Å². The highest BCUT2D eigenvalue weighted by Gasteiger charge is 2.23. The minimum Gasteiger partial charge on any atom is -0.382 e. The second-order valence-corrected chi connectivity index (χ2v) is 10.5. The van der Waals surface area contributed by atoms with E-state index in [1.807, 2.05) is 25.1 Å². The standard InChI is InChI=1S/C26H22N8O3S/c1-14-11-23(34(32-14)17-8-9-20-19(13-17)25(27)31-30-20)26(35)33-15(2)29-21-12-16(7-10-22(21)33)18-5-3-4-6-24(18)38(28,36)37/h3-13H,1-2H3,(H3,27,30,31)(H2,28,36,37). The van der Waals surface area contributed by atoms with Gasteiger partial charge in [0, 0.05) is 10.9 Å². The highest BCUT2D eigenvalue weighted by molar-refractivity contribution is 7.89. The molecule has 0 aliphatic carbocycles. The number of nitrogen functional groups attached to an aromatic ring is 1. The Morgan fingerprint density at radius 3 is 2.58 bits per heavy atom. The first-order chi connectivity index (χ1) is 18.1. The van der Waals surface area contributed by atoms with E-state index >= 15 is 0 Å². The van der Waals surface area contributed by atoms with Crippen LogP contribution in [0.15, 0.2) is 71.6 Å². The molecule has 0 radical (unpaired) electrons. The second-order valence-electron chi connectivity index (χ2n) is 8.97. The fraction of sp³-hybridized carbons (Fsp3) is 0.0769. The molecule has 12 heteroatoms. The zero-order valence-electron chi connectivity index (χ0n) is 20.4. The van der Waals surface area contributed by atoms with Gasteiger partial charge in [-0.05, 0) is 61.9 Å². The number of aryl methyl sites for hydroxylation is 2. The molecule has 0 aliphatic heterocycles. The maximum atomic E-state index is 13.9. The maximum absolute atomic E-state index is 13.9. The summed E-state index contributed by atoms with van der Waals surface area (Å²) in [4.78, 5) is 18.5. The molecule has 3 aromatic heterocycles. The van der Waals surface area contributed by atoms with E-state index in [4.69, 9.17) is 10.9 Å². The molecule has 5 N–H and O–H groups in total. The molecular formula is C26H22N8O3S. The Hall–Kier alpha value is -4.81. The summed E-state index contributed by atoms with van der Waals surface area (Å²) in [5, 5.41) is 17.6. The Kier molecular flexibility index (Phi) is 5.19. The number of sulfonamides is 1. The first-order valence-corrected chi connectivity index (χ1v) is 13.1. The number of aromatic nitrogens is 6. The highest BCUT2D eigenvalue weighted by atomic mass is 32.2. The topological polar surface area (TPSA) is 168 Å². The molecule has 0 saturated heterocycles. The van der Waals surface area contributed by atoms with Crippen molar-refractivity contribution in [1.29, 1.82) is 0 Å². The van der Waals surface area contributed by atoms with Gasteiger partial charge in [0.25, 0.3) is 5.91 Å². The normalized spacial score (nSPS) is 12.0. The Morgan fingerprint density at radius 2 is 1.79 bits per heavy atom. The average Bonchev–Trinajstić information content (AvgIpc) is 3.56. The Bertz CT molecular complexity index is 2020. The van der Waals surface area contributed by atoms with Gasteiger partial charge in [0.1, 0.15) is 11.5 Å². The van der Waals surface area contributed by atoms with Gasteiger partial charge < -0.3 is 5.73 Å². The molecule has 11 nitrogen and oxygen atoms in total. The third-order valence-electron chi connectivity index (χ3n) is 6.40. The van der Waals surface area contributed by atoms with E-state index in [-0.39, 0.29) is 10.8 Å². The van der Waals surface area contributed by atoms with Gasteiger partial charge in [-0.1, -0.05) is 24.3 Å². The third kappa shape index (κ3) is 3.74. The molecule has 0 unspecified atom stereocenters. The van der Waals surface area contributed by atoms with Crippen molar-refractivity contribution in [2.45, 2.75) is 18.7 Å². The minimum absolute atomic E-state index is 0.0150. The molecule has 0 saturated carbocycles. The third-order valence-corrected chi connectivity index (χ3v) is 7.37. The SMILES string of the molecule is Cc1cc(C(=O)n2c(C)nc3cc(-c4ccccc4S(N)(=O)=O)ccc32)n(-c2ccc3[nH]nc(N)c3c2)n1. The minimum atomic E-state index is -3.93. The Balaban J connectivity index is 1.46. The molecule has 6 aromatic rings. The van der Waals surface area contributed by atoms with Crippen LogP contribution in [0.25, 0.3) is 38.8 Å². The number of nitrogens with zero attached hydrogens (tertiary/aromatic N) is 5. The van der Waals surface area contributed by atoms with E-state index in [0.717, 1.165) is 10.9 Å². The van der Waals surface area contributed by atoms with Crippen LogP contribution in [0.2, 0.25) is 0 Å². The molecule has 0 amide bonds. The van der Waals surface area contributed by atoms with Gasteiger partial charge in [-0.2, -0.15) is 10.2 Å². The van der Waals surface area contributed by atoms with Crippen LogP contribution in [0.5, 0.6) is 0 Å². The lowest BCUT2D eigenvalue weighted by atomic mass is 10.1. The van der Waals surface area contributed by atoms with Crippen molar-refractivity contribution in [3.63, 3.8) is 0 Å². The predicted octanol–water partition coefficient (Wildman–Crippen LogP) is 3.30. The first kappa shape index (κ1) is 23.6. The average molecular weight is 527 g/mol.